The fourth-order valence-electron chi connectivity index (χ4n) is 4.68. The molecule has 0 saturated carbocycles. The lowest BCUT2D eigenvalue weighted by atomic mass is 9.96. The first-order valence-electron chi connectivity index (χ1n) is 12.9. The first kappa shape index (κ1) is 28.3. The standard InChI is InChI=1S/C31H34F2N2O4/c1-19(2)35-11-10-25-27(26-7-5-6-23(16-34)31(26)33)12-21(13-28(25)35)18-38-29-15-24(32)9-8-22(29)14-30(36)39-20(3)17-37-4/h5-13,15,19-20H,14,16-18,34H2,1-4H3. The van der Waals surface area contributed by atoms with Crippen molar-refractivity contribution in [2.75, 3.05) is 13.7 Å². The first-order chi connectivity index (χ1) is 18.7. The smallest absolute Gasteiger partial charge is 0.310 e. The summed E-state index contributed by atoms with van der Waals surface area (Å²) >= 11 is 0. The largest absolute Gasteiger partial charge is 0.488 e. The van der Waals surface area contributed by atoms with Crippen LogP contribution in [0.5, 0.6) is 5.75 Å². The lowest BCUT2D eigenvalue weighted by Crippen LogP contribution is -2.21. The Morgan fingerprint density at radius 1 is 1.00 bits per heavy atom. The Bertz CT molecular complexity index is 1460. The maximum Gasteiger partial charge on any atom is 0.310 e. The van der Waals surface area contributed by atoms with Crippen LogP contribution in [0.2, 0.25) is 0 Å². The highest BCUT2D eigenvalue weighted by atomic mass is 19.1. The molecule has 4 aromatic rings. The van der Waals surface area contributed by atoms with Crippen molar-refractivity contribution in [1.29, 1.82) is 0 Å². The second-order valence-electron chi connectivity index (χ2n) is 9.85. The summed E-state index contributed by atoms with van der Waals surface area (Å²) in [4.78, 5) is 12.4. The summed E-state index contributed by atoms with van der Waals surface area (Å²) in [6.07, 6.45) is 1.49. The van der Waals surface area contributed by atoms with Gasteiger partial charge in [-0.15, -0.1) is 0 Å². The predicted octanol–water partition coefficient (Wildman–Crippen LogP) is 6.33. The molecule has 0 fully saturated rings. The molecule has 4 rings (SSSR count). The SMILES string of the molecule is COCC(C)OC(=O)Cc1ccc(F)cc1OCc1cc(-c2cccc(CN)c2F)c2ccn(C(C)C)c2c1. The Morgan fingerprint density at radius 3 is 2.51 bits per heavy atom. The molecule has 1 heterocycles. The molecule has 0 amide bonds. The van der Waals surface area contributed by atoms with Crippen LogP contribution >= 0.6 is 0 Å². The van der Waals surface area contributed by atoms with Crippen LogP contribution < -0.4 is 10.5 Å². The van der Waals surface area contributed by atoms with Gasteiger partial charge >= 0.3 is 5.97 Å². The number of halogens is 2. The molecule has 0 aliphatic carbocycles. The van der Waals surface area contributed by atoms with Crippen LogP contribution in [0.3, 0.4) is 0 Å². The number of aromatic nitrogens is 1. The number of hydrogen-bond donors (Lipinski definition) is 1. The monoisotopic (exact) mass is 536 g/mol. The van der Waals surface area contributed by atoms with Crippen molar-refractivity contribution in [2.45, 2.75) is 52.5 Å². The van der Waals surface area contributed by atoms with Gasteiger partial charge in [-0.05, 0) is 56.2 Å². The predicted molar refractivity (Wildman–Crippen MR) is 147 cm³/mol. The molecule has 2 N–H and O–H groups in total. The van der Waals surface area contributed by atoms with Gasteiger partial charge in [-0.3, -0.25) is 4.79 Å². The van der Waals surface area contributed by atoms with Crippen LogP contribution in [0.25, 0.3) is 22.0 Å². The third-order valence-corrected chi connectivity index (χ3v) is 6.54. The van der Waals surface area contributed by atoms with Crippen molar-refractivity contribution in [1.82, 2.24) is 4.57 Å². The molecule has 0 saturated heterocycles. The summed E-state index contributed by atoms with van der Waals surface area (Å²) in [5.41, 5.74) is 9.55. The minimum Gasteiger partial charge on any atom is -0.488 e. The number of nitrogens with two attached hydrogens (primary N) is 1. The number of ether oxygens (including phenoxy) is 3. The highest BCUT2D eigenvalue weighted by Gasteiger charge is 2.18. The van der Waals surface area contributed by atoms with E-state index < -0.39 is 17.9 Å². The molecule has 39 heavy (non-hydrogen) atoms. The summed E-state index contributed by atoms with van der Waals surface area (Å²) in [5, 5.41) is 0.903. The van der Waals surface area contributed by atoms with Crippen molar-refractivity contribution in [3.63, 3.8) is 0 Å². The number of esters is 1. The summed E-state index contributed by atoms with van der Waals surface area (Å²) in [5.74, 6) is -1.07. The van der Waals surface area contributed by atoms with Gasteiger partial charge in [0.2, 0.25) is 0 Å². The lowest BCUT2D eigenvalue weighted by molar-refractivity contribution is -0.149. The van der Waals surface area contributed by atoms with E-state index in [1.54, 1.807) is 25.1 Å². The minimum absolute atomic E-state index is 0.0794. The average Bonchev–Trinajstić information content (AvgIpc) is 3.33. The molecule has 3 aromatic carbocycles. The molecular formula is C31H34F2N2O4. The van der Waals surface area contributed by atoms with E-state index in [-0.39, 0.29) is 43.8 Å². The fraction of sp³-hybridized carbons (Fsp3) is 0.323. The number of nitrogens with zero attached hydrogens (tertiary/aromatic N) is 1. The normalized spacial score (nSPS) is 12.2. The first-order valence-corrected chi connectivity index (χ1v) is 12.9. The van der Waals surface area contributed by atoms with Crippen LogP contribution in [-0.2, 0) is 33.8 Å². The molecule has 0 spiro atoms. The minimum atomic E-state index is -0.486. The van der Waals surface area contributed by atoms with Gasteiger partial charge in [-0.25, -0.2) is 8.78 Å². The molecule has 0 bridgehead atoms. The number of rotatable bonds is 11. The van der Waals surface area contributed by atoms with E-state index in [4.69, 9.17) is 19.9 Å². The number of methoxy groups -OCH3 is 1. The zero-order valence-electron chi connectivity index (χ0n) is 22.7. The number of fused-ring (bicyclic) bond motifs is 1. The van der Waals surface area contributed by atoms with Gasteiger partial charge in [-0.1, -0.05) is 24.3 Å². The second-order valence-corrected chi connectivity index (χ2v) is 9.85. The van der Waals surface area contributed by atoms with E-state index in [1.807, 2.05) is 24.4 Å². The maximum absolute atomic E-state index is 15.4. The van der Waals surface area contributed by atoms with Crippen LogP contribution in [0.4, 0.5) is 8.78 Å². The number of carbonyl (C=O) groups is 1. The Kier molecular flexibility index (Phi) is 8.99. The van der Waals surface area contributed by atoms with Gasteiger partial charge in [-0.2, -0.15) is 0 Å². The molecule has 1 unspecified atom stereocenters. The van der Waals surface area contributed by atoms with Gasteiger partial charge in [0, 0.05) is 59.6 Å². The fourth-order valence-corrected chi connectivity index (χ4v) is 4.68. The van der Waals surface area contributed by atoms with Crippen molar-refractivity contribution < 1.29 is 27.8 Å². The summed E-state index contributed by atoms with van der Waals surface area (Å²) in [7, 11) is 1.53. The summed E-state index contributed by atoms with van der Waals surface area (Å²) in [6, 6.07) is 15.3. The van der Waals surface area contributed by atoms with Crippen molar-refractivity contribution in [3.05, 3.63) is 89.1 Å². The quantitative estimate of drug-likeness (QED) is 0.227. The van der Waals surface area contributed by atoms with Crippen molar-refractivity contribution >= 4 is 16.9 Å². The van der Waals surface area contributed by atoms with E-state index in [2.05, 4.69) is 18.4 Å². The number of benzene rings is 3. The number of carbonyl (C=O) groups excluding carboxylic acids is 1. The average molecular weight is 537 g/mol. The Morgan fingerprint density at radius 2 is 1.79 bits per heavy atom. The van der Waals surface area contributed by atoms with E-state index in [0.29, 0.717) is 22.3 Å². The second kappa shape index (κ2) is 12.4. The lowest BCUT2D eigenvalue weighted by Gasteiger charge is -2.16. The van der Waals surface area contributed by atoms with Crippen LogP contribution in [-0.4, -0.2) is 30.4 Å². The van der Waals surface area contributed by atoms with Crippen molar-refractivity contribution in [3.8, 4) is 16.9 Å². The van der Waals surface area contributed by atoms with E-state index in [0.717, 1.165) is 16.5 Å². The zero-order valence-corrected chi connectivity index (χ0v) is 22.7. The highest BCUT2D eigenvalue weighted by molar-refractivity contribution is 5.96. The van der Waals surface area contributed by atoms with Gasteiger partial charge in [0.15, 0.2) is 0 Å². The third-order valence-electron chi connectivity index (χ3n) is 6.54. The third kappa shape index (κ3) is 6.46. The molecule has 8 heteroatoms. The topological polar surface area (TPSA) is 75.7 Å². The molecule has 1 atom stereocenters. The van der Waals surface area contributed by atoms with Gasteiger partial charge < -0.3 is 24.5 Å². The van der Waals surface area contributed by atoms with Crippen LogP contribution in [0, 0.1) is 11.6 Å². The van der Waals surface area contributed by atoms with E-state index in [1.165, 1.54) is 25.3 Å². The zero-order chi connectivity index (χ0) is 28.1. The highest BCUT2D eigenvalue weighted by Crippen LogP contribution is 2.35. The van der Waals surface area contributed by atoms with Gasteiger partial charge in [0.25, 0.3) is 0 Å². The van der Waals surface area contributed by atoms with Crippen LogP contribution in [0.1, 0.15) is 43.5 Å². The maximum atomic E-state index is 15.4. The Balaban J connectivity index is 1.68. The molecule has 206 valence electrons. The molecule has 0 radical (unpaired) electrons. The Labute approximate surface area is 227 Å². The molecule has 0 aliphatic heterocycles. The Hall–Kier alpha value is -3.75. The van der Waals surface area contributed by atoms with E-state index >= 15 is 4.39 Å². The molecular weight excluding hydrogens is 502 g/mol. The summed E-state index contributed by atoms with van der Waals surface area (Å²) < 4.78 is 48.1. The summed E-state index contributed by atoms with van der Waals surface area (Å²) in [6.45, 7) is 6.32. The molecule has 6 nitrogen and oxygen atoms in total. The van der Waals surface area contributed by atoms with Gasteiger partial charge in [0.1, 0.15) is 30.1 Å². The van der Waals surface area contributed by atoms with Crippen molar-refractivity contribution in [2.24, 2.45) is 5.73 Å². The number of hydrogen-bond acceptors (Lipinski definition) is 5. The molecule has 1 aromatic heterocycles. The van der Waals surface area contributed by atoms with Gasteiger partial charge in [0.05, 0.1) is 13.0 Å². The van der Waals surface area contributed by atoms with Crippen LogP contribution in [0.15, 0.2) is 60.8 Å². The molecule has 0 aliphatic rings. The van der Waals surface area contributed by atoms with E-state index in [9.17, 15) is 9.18 Å².